The van der Waals surface area contributed by atoms with Crippen molar-refractivity contribution in [3.8, 4) is 6.07 Å². The molecule has 0 unspecified atom stereocenters. The van der Waals surface area contributed by atoms with Crippen molar-refractivity contribution in [3.05, 3.63) is 47.8 Å². The topological polar surface area (TPSA) is 53.6 Å². The molecule has 1 N–H and O–H groups in total. The number of hydrogen-bond acceptors (Lipinski definition) is 3. The molecule has 1 aromatic carbocycles. The van der Waals surface area contributed by atoms with Gasteiger partial charge in [-0.2, -0.15) is 10.4 Å². The third-order valence-electron chi connectivity index (χ3n) is 2.58. The molecule has 0 saturated carbocycles. The molecule has 17 heavy (non-hydrogen) atoms. The number of aryl methyl sites for hydroxylation is 1. The SMILES string of the molecule is Cc1cc(NCCn2cccn2)ccc1C#N. The molecule has 4 nitrogen and oxygen atoms in total. The van der Waals surface area contributed by atoms with Gasteiger partial charge in [0.25, 0.3) is 0 Å². The highest BCUT2D eigenvalue weighted by atomic mass is 15.3. The van der Waals surface area contributed by atoms with Gasteiger partial charge < -0.3 is 5.32 Å². The maximum absolute atomic E-state index is 8.83. The molecule has 1 heterocycles. The lowest BCUT2D eigenvalue weighted by molar-refractivity contribution is 0.638. The first-order chi connectivity index (χ1) is 8.29. The van der Waals surface area contributed by atoms with Gasteiger partial charge in [0, 0.05) is 24.6 Å². The van der Waals surface area contributed by atoms with Crippen LogP contribution in [-0.4, -0.2) is 16.3 Å². The summed E-state index contributed by atoms with van der Waals surface area (Å²) in [5.74, 6) is 0. The molecule has 0 saturated heterocycles. The van der Waals surface area contributed by atoms with Crippen LogP contribution in [0.5, 0.6) is 0 Å². The molecule has 86 valence electrons. The number of anilines is 1. The second kappa shape index (κ2) is 5.17. The molecule has 0 aliphatic carbocycles. The molecule has 0 amide bonds. The van der Waals surface area contributed by atoms with Crippen molar-refractivity contribution in [2.24, 2.45) is 0 Å². The normalized spacial score (nSPS) is 9.88. The molecule has 1 aromatic heterocycles. The van der Waals surface area contributed by atoms with Gasteiger partial charge in [-0.3, -0.25) is 4.68 Å². The van der Waals surface area contributed by atoms with E-state index in [1.165, 1.54) is 0 Å². The van der Waals surface area contributed by atoms with Crippen molar-refractivity contribution in [2.45, 2.75) is 13.5 Å². The van der Waals surface area contributed by atoms with Crippen molar-refractivity contribution in [3.63, 3.8) is 0 Å². The molecule has 0 aliphatic rings. The molecule has 2 aromatic rings. The number of rotatable bonds is 4. The molecule has 0 radical (unpaired) electrons. The largest absolute Gasteiger partial charge is 0.383 e. The Kier molecular flexibility index (Phi) is 3.41. The first kappa shape index (κ1) is 11.2. The van der Waals surface area contributed by atoms with Gasteiger partial charge in [-0.1, -0.05) is 0 Å². The van der Waals surface area contributed by atoms with Crippen LogP contribution < -0.4 is 5.32 Å². The van der Waals surface area contributed by atoms with Crippen molar-refractivity contribution >= 4 is 5.69 Å². The zero-order chi connectivity index (χ0) is 12.1. The quantitative estimate of drug-likeness (QED) is 0.869. The number of nitrogens with one attached hydrogen (secondary N) is 1. The molecular weight excluding hydrogens is 212 g/mol. The monoisotopic (exact) mass is 226 g/mol. The summed E-state index contributed by atoms with van der Waals surface area (Å²) in [4.78, 5) is 0. The van der Waals surface area contributed by atoms with Crippen molar-refractivity contribution in [1.82, 2.24) is 9.78 Å². The van der Waals surface area contributed by atoms with Gasteiger partial charge in [0.2, 0.25) is 0 Å². The van der Waals surface area contributed by atoms with E-state index in [9.17, 15) is 0 Å². The van der Waals surface area contributed by atoms with Crippen LogP contribution in [0.15, 0.2) is 36.7 Å². The van der Waals surface area contributed by atoms with E-state index in [0.29, 0.717) is 0 Å². The van der Waals surface area contributed by atoms with Crippen molar-refractivity contribution in [1.29, 1.82) is 5.26 Å². The number of nitrogens with zero attached hydrogens (tertiary/aromatic N) is 3. The Labute approximate surface area is 100 Å². The summed E-state index contributed by atoms with van der Waals surface area (Å²) in [7, 11) is 0. The van der Waals surface area contributed by atoms with Gasteiger partial charge in [0.15, 0.2) is 0 Å². The highest BCUT2D eigenvalue weighted by Crippen LogP contribution is 2.13. The van der Waals surface area contributed by atoms with E-state index in [2.05, 4.69) is 16.5 Å². The number of nitriles is 1. The Morgan fingerprint density at radius 3 is 3.00 bits per heavy atom. The first-order valence-corrected chi connectivity index (χ1v) is 5.51. The van der Waals surface area contributed by atoms with Crippen molar-refractivity contribution in [2.75, 3.05) is 11.9 Å². The molecule has 0 bridgehead atoms. The lowest BCUT2D eigenvalue weighted by atomic mass is 10.1. The summed E-state index contributed by atoms with van der Waals surface area (Å²) in [6.07, 6.45) is 3.71. The fourth-order valence-electron chi connectivity index (χ4n) is 1.65. The summed E-state index contributed by atoms with van der Waals surface area (Å²) in [5.41, 5.74) is 2.76. The highest BCUT2D eigenvalue weighted by Gasteiger charge is 1.98. The maximum Gasteiger partial charge on any atom is 0.0994 e. The van der Waals surface area contributed by atoms with Gasteiger partial charge in [0.05, 0.1) is 18.2 Å². The van der Waals surface area contributed by atoms with E-state index < -0.39 is 0 Å². The van der Waals surface area contributed by atoms with Gasteiger partial charge in [-0.15, -0.1) is 0 Å². The Bertz CT molecular complexity index is 523. The predicted octanol–water partition coefficient (Wildman–Crippen LogP) is 2.18. The van der Waals surface area contributed by atoms with Crippen LogP contribution in [0, 0.1) is 18.3 Å². The van der Waals surface area contributed by atoms with E-state index in [0.717, 1.165) is 29.9 Å². The van der Waals surface area contributed by atoms with Crippen molar-refractivity contribution < 1.29 is 0 Å². The van der Waals surface area contributed by atoms with Crippen LogP contribution in [0.25, 0.3) is 0 Å². The maximum atomic E-state index is 8.83. The van der Waals surface area contributed by atoms with E-state index in [4.69, 9.17) is 5.26 Å². The van der Waals surface area contributed by atoms with E-state index in [1.54, 1.807) is 6.20 Å². The predicted molar refractivity (Wildman–Crippen MR) is 66.6 cm³/mol. The Morgan fingerprint density at radius 2 is 2.35 bits per heavy atom. The minimum absolute atomic E-state index is 0.725. The van der Waals surface area contributed by atoms with Crippen LogP contribution in [0.3, 0.4) is 0 Å². The zero-order valence-electron chi connectivity index (χ0n) is 9.72. The average molecular weight is 226 g/mol. The van der Waals surface area contributed by atoms with Gasteiger partial charge in [-0.05, 0) is 36.8 Å². The molecule has 0 atom stereocenters. The molecular formula is C13H14N4. The second-order valence-corrected chi connectivity index (χ2v) is 3.84. The standard InChI is InChI=1S/C13H14N4/c1-11-9-13(4-3-12(11)10-14)15-6-8-17-7-2-5-16-17/h2-5,7,9,15H,6,8H2,1H3. The van der Waals surface area contributed by atoms with Crippen LogP contribution >= 0.6 is 0 Å². The fourth-order valence-corrected chi connectivity index (χ4v) is 1.65. The van der Waals surface area contributed by atoms with Gasteiger partial charge in [0.1, 0.15) is 0 Å². The van der Waals surface area contributed by atoms with E-state index in [-0.39, 0.29) is 0 Å². The number of hydrogen-bond donors (Lipinski definition) is 1. The van der Waals surface area contributed by atoms with Gasteiger partial charge >= 0.3 is 0 Å². The zero-order valence-corrected chi connectivity index (χ0v) is 9.72. The summed E-state index contributed by atoms with van der Waals surface area (Å²) in [6, 6.07) is 9.82. The lowest BCUT2D eigenvalue weighted by Gasteiger charge is -2.08. The molecule has 0 spiro atoms. The minimum Gasteiger partial charge on any atom is -0.383 e. The summed E-state index contributed by atoms with van der Waals surface area (Å²) >= 11 is 0. The highest BCUT2D eigenvalue weighted by molar-refractivity contribution is 5.51. The third kappa shape index (κ3) is 2.85. The summed E-state index contributed by atoms with van der Waals surface area (Å²) in [5, 5.41) is 16.3. The van der Waals surface area contributed by atoms with E-state index in [1.807, 2.05) is 42.1 Å². The second-order valence-electron chi connectivity index (χ2n) is 3.84. The smallest absolute Gasteiger partial charge is 0.0994 e. The molecule has 0 aliphatic heterocycles. The number of benzene rings is 1. The van der Waals surface area contributed by atoms with Gasteiger partial charge in [-0.25, -0.2) is 0 Å². The summed E-state index contributed by atoms with van der Waals surface area (Å²) < 4.78 is 1.88. The van der Waals surface area contributed by atoms with Crippen LogP contribution in [-0.2, 0) is 6.54 Å². The Balaban J connectivity index is 1.91. The number of aromatic nitrogens is 2. The Hall–Kier alpha value is -2.28. The lowest BCUT2D eigenvalue weighted by Crippen LogP contribution is -2.10. The minimum atomic E-state index is 0.725. The first-order valence-electron chi connectivity index (χ1n) is 5.51. The summed E-state index contributed by atoms with van der Waals surface area (Å²) in [6.45, 7) is 3.58. The van der Waals surface area contributed by atoms with E-state index >= 15 is 0 Å². The Morgan fingerprint density at radius 1 is 1.47 bits per heavy atom. The van der Waals surface area contributed by atoms with Crippen LogP contribution in [0.2, 0.25) is 0 Å². The molecule has 2 rings (SSSR count). The molecule has 4 heteroatoms. The van der Waals surface area contributed by atoms with Crippen LogP contribution in [0.4, 0.5) is 5.69 Å². The third-order valence-corrected chi connectivity index (χ3v) is 2.58. The molecule has 0 fully saturated rings. The van der Waals surface area contributed by atoms with Crippen LogP contribution in [0.1, 0.15) is 11.1 Å². The average Bonchev–Trinajstić information content (AvgIpc) is 2.82. The fraction of sp³-hybridized carbons (Fsp3) is 0.231.